The van der Waals surface area contributed by atoms with Crippen molar-refractivity contribution in [2.45, 2.75) is 31.6 Å². The molecule has 1 saturated heterocycles. The predicted molar refractivity (Wildman–Crippen MR) is 89.7 cm³/mol. The topological polar surface area (TPSA) is 38.5 Å². The van der Waals surface area contributed by atoms with E-state index in [0.717, 1.165) is 44.4 Å². The van der Waals surface area contributed by atoms with Crippen LogP contribution in [0.1, 0.15) is 23.1 Å². The van der Waals surface area contributed by atoms with Crippen molar-refractivity contribution < 1.29 is 4.74 Å². The maximum Gasteiger partial charge on any atom is 0.0594 e. The molecule has 1 aliphatic heterocycles. The minimum atomic E-state index is 0.663. The molecule has 114 valence electrons. The number of thioether (sulfide) groups is 1. The van der Waals surface area contributed by atoms with Gasteiger partial charge in [0.25, 0.3) is 0 Å². The number of thiophene rings is 1. The summed E-state index contributed by atoms with van der Waals surface area (Å²) in [6, 6.07) is 5.24. The van der Waals surface area contributed by atoms with Crippen LogP contribution >= 0.6 is 23.1 Å². The van der Waals surface area contributed by atoms with Gasteiger partial charge < -0.3 is 10.5 Å². The highest BCUT2D eigenvalue weighted by atomic mass is 32.2. The summed E-state index contributed by atoms with van der Waals surface area (Å²) in [6.45, 7) is 7.09. The van der Waals surface area contributed by atoms with Crippen LogP contribution < -0.4 is 5.73 Å². The Balaban J connectivity index is 1.70. The molecule has 0 bridgehead atoms. The Morgan fingerprint density at radius 1 is 1.35 bits per heavy atom. The Morgan fingerprint density at radius 3 is 2.85 bits per heavy atom. The Kier molecular flexibility index (Phi) is 7.38. The van der Waals surface area contributed by atoms with Gasteiger partial charge in [-0.1, -0.05) is 0 Å². The molecular formula is C15H26N2OS2. The van der Waals surface area contributed by atoms with Crippen molar-refractivity contribution in [3.8, 4) is 0 Å². The van der Waals surface area contributed by atoms with Crippen LogP contribution in [0.2, 0.25) is 0 Å². The maximum atomic E-state index is 5.52. The third-order valence-electron chi connectivity index (χ3n) is 3.70. The highest BCUT2D eigenvalue weighted by Gasteiger charge is 2.16. The monoisotopic (exact) mass is 314 g/mol. The van der Waals surface area contributed by atoms with Gasteiger partial charge in [-0.2, -0.15) is 11.8 Å². The van der Waals surface area contributed by atoms with Crippen molar-refractivity contribution in [2.24, 2.45) is 5.73 Å². The third kappa shape index (κ3) is 5.37. The average molecular weight is 315 g/mol. The molecule has 2 heterocycles. The van der Waals surface area contributed by atoms with Crippen molar-refractivity contribution in [3.05, 3.63) is 21.9 Å². The molecular weight excluding hydrogens is 288 g/mol. The zero-order valence-corrected chi connectivity index (χ0v) is 14.0. The van der Waals surface area contributed by atoms with E-state index in [9.17, 15) is 0 Å². The highest BCUT2D eigenvalue weighted by molar-refractivity contribution is 7.98. The first-order valence-electron chi connectivity index (χ1n) is 7.47. The molecule has 20 heavy (non-hydrogen) atoms. The molecule has 0 spiro atoms. The second-order valence-corrected chi connectivity index (χ2v) is 7.60. The molecule has 1 aromatic rings. The highest BCUT2D eigenvalue weighted by Crippen LogP contribution is 2.23. The molecule has 1 atom stereocenters. The number of hydrogen-bond donors (Lipinski definition) is 1. The van der Waals surface area contributed by atoms with E-state index in [-0.39, 0.29) is 0 Å². The van der Waals surface area contributed by atoms with Crippen LogP contribution in [0.4, 0.5) is 0 Å². The zero-order valence-electron chi connectivity index (χ0n) is 12.3. The van der Waals surface area contributed by atoms with E-state index in [4.69, 9.17) is 10.5 Å². The summed E-state index contributed by atoms with van der Waals surface area (Å²) in [5.41, 5.74) is 5.52. The van der Waals surface area contributed by atoms with E-state index in [1.807, 2.05) is 23.1 Å². The summed E-state index contributed by atoms with van der Waals surface area (Å²) in [5, 5.41) is 0. The first kappa shape index (κ1) is 16.3. The number of nitrogens with zero attached hydrogens (tertiary/aromatic N) is 1. The van der Waals surface area contributed by atoms with Gasteiger partial charge in [0.05, 0.1) is 13.2 Å². The number of hydrogen-bond acceptors (Lipinski definition) is 5. The Bertz CT molecular complexity index is 378. The van der Waals surface area contributed by atoms with Crippen LogP contribution in [0.5, 0.6) is 0 Å². The Morgan fingerprint density at radius 2 is 2.10 bits per heavy atom. The number of rotatable bonds is 8. The van der Waals surface area contributed by atoms with E-state index in [1.165, 1.54) is 22.6 Å². The smallest absolute Gasteiger partial charge is 0.0594 e. The SMILES string of the molecule is CC(CCc1ccc(CSCCN)s1)N1CCOCC1. The molecule has 1 aliphatic rings. The zero-order chi connectivity index (χ0) is 14.2. The van der Waals surface area contributed by atoms with Crippen LogP contribution in [0, 0.1) is 0 Å². The third-order valence-corrected chi connectivity index (χ3v) is 6.07. The lowest BCUT2D eigenvalue weighted by Crippen LogP contribution is -2.42. The van der Waals surface area contributed by atoms with Crippen LogP contribution in [0.25, 0.3) is 0 Å². The van der Waals surface area contributed by atoms with Gasteiger partial charge >= 0.3 is 0 Å². The molecule has 0 radical (unpaired) electrons. The van der Waals surface area contributed by atoms with Gasteiger partial charge in [0.2, 0.25) is 0 Å². The minimum absolute atomic E-state index is 0.663. The van der Waals surface area contributed by atoms with Gasteiger partial charge in [-0.25, -0.2) is 0 Å². The molecule has 1 unspecified atom stereocenters. The molecule has 2 N–H and O–H groups in total. The minimum Gasteiger partial charge on any atom is -0.379 e. The fourth-order valence-electron chi connectivity index (χ4n) is 2.44. The van der Waals surface area contributed by atoms with Gasteiger partial charge in [0, 0.05) is 46.9 Å². The van der Waals surface area contributed by atoms with Gasteiger partial charge in [-0.15, -0.1) is 11.3 Å². The number of morpholine rings is 1. The lowest BCUT2D eigenvalue weighted by molar-refractivity contribution is 0.0187. The van der Waals surface area contributed by atoms with Gasteiger partial charge in [0.1, 0.15) is 0 Å². The van der Waals surface area contributed by atoms with E-state index >= 15 is 0 Å². The van der Waals surface area contributed by atoms with Crippen molar-refractivity contribution in [1.82, 2.24) is 4.90 Å². The van der Waals surface area contributed by atoms with E-state index in [1.54, 1.807) is 0 Å². The summed E-state index contributed by atoms with van der Waals surface area (Å²) >= 11 is 3.90. The second kappa shape index (κ2) is 9.05. The molecule has 2 rings (SSSR count). The summed E-state index contributed by atoms with van der Waals surface area (Å²) in [6.07, 6.45) is 2.45. The molecule has 1 fully saturated rings. The molecule has 0 aliphatic carbocycles. The van der Waals surface area contributed by atoms with E-state index in [2.05, 4.69) is 24.0 Å². The first-order valence-corrected chi connectivity index (χ1v) is 9.44. The molecule has 0 amide bonds. The summed E-state index contributed by atoms with van der Waals surface area (Å²) in [7, 11) is 0. The van der Waals surface area contributed by atoms with Crippen LogP contribution in [-0.4, -0.2) is 49.5 Å². The normalized spacial score (nSPS) is 18.3. The van der Waals surface area contributed by atoms with Crippen molar-refractivity contribution in [3.63, 3.8) is 0 Å². The van der Waals surface area contributed by atoms with Crippen LogP contribution in [0.3, 0.4) is 0 Å². The molecule has 5 heteroatoms. The molecule has 0 saturated carbocycles. The lowest BCUT2D eigenvalue weighted by atomic mass is 10.1. The first-order chi connectivity index (χ1) is 9.79. The average Bonchev–Trinajstić information content (AvgIpc) is 2.94. The summed E-state index contributed by atoms with van der Waals surface area (Å²) in [5.74, 6) is 2.17. The Labute approximate surface area is 130 Å². The van der Waals surface area contributed by atoms with Crippen LogP contribution in [-0.2, 0) is 16.9 Å². The Hall–Kier alpha value is -0.0700. The summed E-state index contributed by atoms with van der Waals surface area (Å²) in [4.78, 5) is 5.56. The van der Waals surface area contributed by atoms with Crippen molar-refractivity contribution in [2.75, 3.05) is 38.6 Å². The van der Waals surface area contributed by atoms with Gasteiger partial charge in [-0.3, -0.25) is 4.90 Å². The molecule has 0 aromatic carbocycles. The van der Waals surface area contributed by atoms with E-state index in [0.29, 0.717) is 6.04 Å². The maximum absolute atomic E-state index is 5.52. The fourth-order valence-corrected chi connectivity index (χ4v) is 4.37. The van der Waals surface area contributed by atoms with E-state index < -0.39 is 0 Å². The van der Waals surface area contributed by atoms with Gasteiger partial charge in [0.15, 0.2) is 0 Å². The molecule has 3 nitrogen and oxygen atoms in total. The fraction of sp³-hybridized carbons (Fsp3) is 0.733. The lowest BCUT2D eigenvalue weighted by Gasteiger charge is -2.32. The predicted octanol–water partition coefficient (Wildman–Crippen LogP) is 2.59. The number of aryl methyl sites for hydroxylation is 1. The van der Waals surface area contributed by atoms with Gasteiger partial charge in [-0.05, 0) is 31.9 Å². The summed E-state index contributed by atoms with van der Waals surface area (Å²) < 4.78 is 5.41. The van der Waals surface area contributed by atoms with Crippen LogP contribution in [0.15, 0.2) is 12.1 Å². The quantitative estimate of drug-likeness (QED) is 0.749. The standard InChI is InChI=1S/C15H26N2OS2/c1-13(17-7-9-18-10-8-17)2-3-14-4-5-15(20-14)12-19-11-6-16/h4-5,13H,2-3,6-12,16H2,1H3. The van der Waals surface area contributed by atoms with Crippen molar-refractivity contribution in [1.29, 1.82) is 0 Å². The largest absolute Gasteiger partial charge is 0.379 e. The number of ether oxygens (including phenoxy) is 1. The second-order valence-electron chi connectivity index (χ2n) is 5.25. The van der Waals surface area contributed by atoms with Crippen molar-refractivity contribution >= 4 is 23.1 Å². The molecule has 1 aromatic heterocycles. The number of nitrogens with two attached hydrogens (primary N) is 1.